The van der Waals surface area contributed by atoms with Crippen molar-refractivity contribution in [3.8, 4) is 5.88 Å². The number of esters is 1. The summed E-state index contributed by atoms with van der Waals surface area (Å²) in [5, 5.41) is 0. The van der Waals surface area contributed by atoms with E-state index in [0.717, 1.165) is 6.07 Å². The van der Waals surface area contributed by atoms with Gasteiger partial charge in [-0.2, -0.15) is 0 Å². The van der Waals surface area contributed by atoms with Crippen molar-refractivity contribution in [2.45, 2.75) is 13.3 Å². The molecule has 0 saturated carbocycles. The number of carbonyl (C=O) groups excluding carboxylic acids is 1. The van der Waals surface area contributed by atoms with Gasteiger partial charge >= 0.3 is 5.97 Å². The SMILES string of the molecule is CCOC(=O)c1nc(OC)c(N)cc1C(F)F. The minimum absolute atomic E-state index is 0.0594. The van der Waals surface area contributed by atoms with E-state index in [9.17, 15) is 13.6 Å². The Morgan fingerprint density at radius 2 is 2.24 bits per heavy atom. The van der Waals surface area contributed by atoms with Crippen molar-refractivity contribution >= 4 is 11.7 Å². The fourth-order valence-electron chi connectivity index (χ4n) is 1.22. The van der Waals surface area contributed by atoms with Gasteiger partial charge in [0.15, 0.2) is 5.69 Å². The molecular weight excluding hydrogens is 234 g/mol. The Morgan fingerprint density at radius 1 is 1.59 bits per heavy atom. The number of nitrogen functional groups attached to an aromatic ring is 1. The molecule has 0 radical (unpaired) electrons. The number of hydrogen-bond acceptors (Lipinski definition) is 5. The number of halogens is 2. The fourth-order valence-corrected chi connectivity index (χ4v) is 1.22. The summed E-state index contributed by atoms with van der Waals surface area (Å²) in [6.45, 7) is 1.63. The maximum atomic E-state index is 12.7. The van der Waals surface area contributed by atoms with Gasteiger partial charge in [-0.05, 0) is 13.0 Å². The summed E-state index contributed by atoms with van der Waals surface area (Å²) in [7, 11) is 1.27. The molecule has 1 rings (SSSR count). The summed E-state index contributed by atoms with van der Waals surface area (Å²) in [5.74, 6) is -1.02. The average molecular weight is 246 g/mol. The lowest BCUT2D eigenvalue weighted by Gasteiger charge is -2.10. The topological polar surface area (TPSA) is 74.4 Å². The van der Waals surface area contributed by atoms with E-state index in [-0.39, 0.29) is 18.2 Å². The van der Waals surface area contributed by atoms with Crippen molar-refractivity contribution in [1.29, 1.82) is 0 Å². The van der Waals surface area contributed by atoms with Gasteiger partial charge < -0.3 is 15.2 Å². The highest BCUT2D eigenvalue weighted by Crippen LogP contribution is 2.29. The van der Waals surface area contributed by atoms with Crippen molar-refractivity contribution in [1.82, 2.24) is 4.98 Å². The zero-order chi connectivity index (χ0) is 13.0. The molecule has 1 aromatic heterocycles. The van der Waals surface area contributed by atoms with Crippen molar-refractivity contribution in [3.63, 3.8) is 0 Å². The molecule has 0 spiro atoms. The quantitative estimate of drug-likeness (QED) is 0.820. The van der Waals surface area contributed by atoms with Crippen molar-refractivity contribution in [2.75, 3.05) is 19.5 Å². The second-order valence-corrected chi connectivity index (χ2v) is 3.05. The van der Waals surface area contributed by atoms with Gasteiger partial charge in [-0.25, -0.2) is 18.6 Å². The second-order valence-electron chi connectivity index (χ2n) is 3.05. The number of nitrogens with zero attached hydrogens (tertiary/aromatic N) is 1. The lowest BCUT2D eigenvalue weighted by Crippen LogP contribution is -2.13. The van der Waals surface area contributed by atoms with E-state index in [4.69, 9.17) is 10.5 Å². The van der Waals surface area contributed by atoms with Gasteiger partial charge in [0.2, 0.25) is 5.88 Å². The number of nitrogens with two attached hydrogens (primary N) is 1. The highest BCUT2D eigenvalue weighted by Gasteiger charge is 2.23. The first-order valence-corrected chi connectivity index (χ1v) is 4.80. The van der Waals surface area contributed by atoms with Gasteiger partial charge in [0, 0.05) is 0 Å². The third-order valence-corrected chi connectivity index (χ3v) is 1.94. The Bertz CT molecular complexity index is 424. The molecule has 0 bridgehead atoms. The minimum atomic E-state index is -2.87. The van der Waals surface area contributed by atoms with Gasteiger partial charge in [-0.3, -0.25) is 0 Å². The first-order chi connectivity index (χ1) is 8.01. The first-order valence-electron chi connectivity index (χ1n) is 4.80. The van der Waals surface area contributed by atoms with Crippen LogP contribution in [0.1, 0.15) is 29.4 Å². The van der Waals surface area contributed by atoms with Gasteiger partial charge in [0.1, 0.15) is 0 Å². The number of carbonyl (C=O) groups is 1. The molecule has 7 heteroatoms. The van der Waals surface area contributed by atoms with Crippen LogP contribution in [0.2, 0.25) is 0 Å². The maximum Gasteiger partial charge on any atom is 0.357 e. The number of methoxy groups -OCH3 is 1. The molecule has 0 atom stereocenters. The monoisotopic (exact) mass is 246 g/mol. The summed E-state index contributed by atoms with van der Waals surface area (Å²) in [5.41, 5.74) is 4.33. The van der Waals surface area contributed by atoms with E-state index >= 15 is 0 Å². The molecule has 5 nitrogen and oxygen atoms in total. The van der Waals surface area contributed by atoms with Gasteiger partial charge in [-0.15, -0.1) is 0 Å². The number of anilines is 1. The van der Waals surface area contributed by atoms with E-state index in [1.165, 1.54) is 7.11 Å². The molecule has 2 N–H and O–H groups in total. The molecule has 0 fully saturated rings. The van der Waals surface area contributed by atoms with Crippen LogP contribution in [-0.4, -0.2) is 24.7 Å². The van der Waals surface area contributed by atoms with Crippen LogP contribution in [0.4, 0.5) is 14.5 Å². The number of alkyl halides is 2. The van der Waals surface area contributed by atoms with Gasteiger partial charge in [0.25, 0.3) is 6.43 Å². The van der Waals surface area contributed by atoms with Crippen LogP contribution in [0.5, 0.6) is 5.88 Å². The molecule has 0 aliphatic carbocycles. The average Bonchev–Trinajstić information content (AvgIpc) is 2.28. The van der Waals surface area contributed by atoms with E-state index < -0.39 is 23.7 Å². The van der Waals surface area contributed by atoms with Crippen molar-refractivity contribution in [2.24, 2.45) is 0 Å². The second kappa shape index (κ2) is 5.42. The first kappa shape index (κ1) is 13.1. The fraction of sp³-hybridized carbons (Fsp3) is 0.400. The van der Waals surface area contributed by atoms with Crippen LogP contribution < -0.4 is 10.5 Å². The number of aromatic nitrogens is 1. The van der Waals surface area contributed by atoms with E-state index in [2.05, 4.69) is 9.72 Å². The summed E-state index contributed by atoms with van der Waals surface area (Å²) >= 11 is 0. The number of ether oxygens (including phenoxy) is 2. The normalized spacial score (nSPS) is 10.4. The van der Waals surface area contributed by atoms with Crippen molar-refractivity contribution < 1.29 is 23.0 Å². The molecule has 1 aromatic rings. The summed E-state index contributed by atoms with van der Waals surface area (Å²) < 4.78 is 34.8. The maximum absolute atomic E-state index is 12.7. The molecule has 0 amide bonds. The van der Waals surface area contributed by atoms with E-state index in [1.54, 1.807) is 6.92 Å². The molecule has 94 valence electrons. The number of hydrogen-bond donors (Lipinski definition) is 1. The largest absolute Gasteiger partial charge is 0.480 e. The molecular formula is C10H12F2N2O3. The minimum Gasteiger partial charge on any atom is -0.480 e. The molecule has 0 unspecified atom stereocenters. The predicted octanol–water partition coefficient (Wildman–Crippen LogP) is 1.79. The number of rotatable bonds is 4. The van der Waals surface area contributed by atoms with Crippen LogP contribution in [0.15, 0.2) is 6.07 Å². The predicted molar refractivity (Wildman–Crippen MR) is 56.1 cm³/mol. The summed E-state index contributed by atoms with van der Waals surface area (Å²) in [6, 6.07) is 0.961. The zero-order valence-electron chi connectivity index (χ0n) is 9.37. The lowest BCUT2D eigenvalue weighted by atomic mass is 10.2. The van der Waals surface area contributed by atoms with E-state index in [1.807, 2.05) is 0 Å². The van der Waals surface area contributed by atoms with E-state index in [0.29, 0.717) is 0 Å². The molecule has 0 aliphatic heterocycles. The van der Waals surface area contributed by atoms with Crippen LogP contribution in [0.3, 0.4) is 0 Å². The van der Waals surface area contributed by atoms with Gasteiger partial charge in [-0.1, -0.05) is 0 Å². The Labute approximate surface area is 96.5 Å². The highest BCUT2D eigenvalue weighted by molar-refractivity contribution is 5.89. The van der Waals surface area contributed by atoms with Gasteiger partial charge in [0.05, 0.1) is 25.0 Å². The van der Waals surface area contributed by atoms with Crippen LogP contribution in [0.25, 0.3) is 0 Å². The van der Waals surface area contributed by atoms with Crippen molar-refractivity contribution in [3.05, 3.63) is 17.3 Å². The standard InChI is InChI=1S/C10H12F2N2O3/c1-3-17-10(15)7-5(8(11)12)4-6(13)9(14-7)16-2/h4,8H,3,13H2,1-2H3. The Hall–Kier alpha value is -1.92. The van der Waals surface area contributed by atoms with Crippen LogP contribution in [-0.2, 0) is 4.74 Å². The molecule has 0 aliphatic rings. The highest BCUT2D eigenvalue weighted by atomic mass is 19.3. The third kappa shape index (κ3) is 2.80. The molecule has 17 heavy (non-hydrogen) atoms. The Balaban J connectivity index is 3.28. The molecule has 1 heterocycles. The zero-order valence-corrected chi connectivity index (χ0v) is 9.37. The Morgan fingerprint density at radius 3 is 2.71 bits per heavy atom. The van der Waals surface area contributed by atoms with Crippen LogP contribution >= 0.6 is 0 Å². The van der Waals surface area contributed by atoms with Crippen LogP contribution in [0, 0.1) is 0 Å². The summed E-state index contributed by atoms with van der Waals surface area (Å²) in [6.07, 6.45) is -2.87. The molecule has 0 saturated heterocycles. The Kier molecular flexibility index (Phi) is 4.19. The third-order valence-electron chi connectivity index (χ3n) is 1.94. The summed E-state index contributed by atoms with van der Waals surface area (Å²) in [4.78, 5) is 15.1. The smallest absolute Gasteiger partial charge is 0.357 e. The molecule has 0 aromatic carbocycles. The lowest BCUT2D eigenvalue weighted by molar-refractivity contribution is 0.0506. The number of pyridine rings is 1.